The molecule has 0 spiro atoms. The van der Waals surface area contributed by atoms with Crippen LogP contribution in [0.2, 0.25) is 0 Å². The Morgan fingerprint density at radius 1 is 1.03 bits per heavy atom. The van der Waals surface area contributed by atoms with Gasteiger partial charge in [0.15, 0.2) is 0 Å². The van der Waals surface area contributed by atoms with Gasteiger partial charge in [-0.2, -0.15) is 12.5 Å². The smallest absolute Gasteiger partial charge is 1.00 e. The zero-order valence-corrected chi connectivity index (χ0v) is 25.6. The van der Waals surface area contributed by atoms with Gasteiger partial charge in [0.25, 0.3) is 0 Å². The molecule has 184 valence electrons. The van der Waals surface area contributed by atoms with Gasteiger partial charge >= 0.3 is 26.2 Å². The summed E-state index contributed by atoms with van der Waals surface area (Å²) in [6, 6.07) is 9.17. The molecule has 0 bridgehead atoms. The van der Waals surface area contributed by atoms with Gasteiger partial charge in [-0.15, -0.1) is 6.42 Å². The average molecular weight is 585 g/mol. The van der Waals surface area contributed by atoms with Crippen molar-refractivity contribution in [3.63, 3.8) is 0 Å². The Morgan fingerprint density at radius 3 is 2.49 bits per heavy atom. The zero-order valence-electron chi connectivity index (χ0n) is 21.6. The third-order valence-corrected chi connectivity index (χ3v) is 8.27. The van der Waals surface area contributed by atoms with Crippen molar-refractivity contribution >= 4 is 5.57 Å². The minimum Gasteiger partial charge on any atom is -1.00 e. The molecule has 5 aliphatic rings. The van der Waals surface area contributed by atoms with Crippen molar-refractivity contribution in [2.45, 2.75) is 59.8 Å². The van der Waals surface area contributed by atoms with Crippen molar-refractivity contribution in [3.8, 4) is 0 Å². The summed E-state index contributed by atoms with van der Waals surface area (Å²) >= 11 is 0. The van der Waals surface area contributed by atoms with Gasteiger partial charge in [-0.05, 0) is 53.1 Å². The van der Waals surface area contributed by atoms with Crippen molar-refractivity contribution in [2.75, 3.05) is 0 Å². The first-order valence-electron chi connectivity index (χ1n) is 12.7. The predicted molar refractivity (Wildman–Crippen MR) is 138 cm³/mol. The number of allylic oxidation sites excluding steroid dienone is 10. The van der Waals surface area contributed by atoms with Crippen LogP contribution in [-0.2, 0) is 32.6 Å². The molecule has 0 radical (unpaired) electrons. The van der Waals surface area contributed by atoms with E-state index in [1.54, 1.807) is 29.2 Å². The van der Waals surface area contributed by atoms with Crippen LogP contribution in [0.1, 0.15) is 64.5 Å². The molecule has 1 aromatic rings. The van der Waals surface area contributed by atoms with E-state index in [9.17, 15) is 0 Å². The Balaban J connectivity index is 0.000000844. The molecule has 3 heteroatoms. The minimum absolute atomic E-state index is 0. The number of fused-ring (bicyclic) bond motifs is 6. The first kappa shape index (κ1) is 30.5. The molecule has 6 rings (SSSR count). The molecular weight excluding hydrogens is 546 g/mol. The van der Waals surface area contributed by atoms with Gasteiger partial charge in [-0.3, -0.25) is 0 Å². The number of rotatable bonds is 1. The predicted octanol–water partition coefficient (Wildman–Crippen LogP) is 2.51. The maximum Gasteiger partial charge on any atom is 4.00 e. The van der Waals surface area contributed by atoms with Gasteiger partial charge in [0, 0.05) is 0 Å². The van der Waals surface area contributed by atoms with Gasteiger partial charge in [-0.1, -0.05) is 105 Å². The molecule has 0 amide bonds. The summed E-state index contributed by atoms with van der Waals surface area (Å²) in [5.74, 6) is 2.65. The molecule has 0 saturated heterocycles. The fraction of sp³-hybridized carbons (Fsp3) is 0.438. The summed E-state index contributed by atoms with van der Waals surface area (Å²) in [6.07, 6.45) is 21.5. The van der Waals surface area contributed by atoms with Crippen molar-refractivity contribution in [3.05, 3.63) is 101 Å². The van der Waals surface area contributed by atoms with Crippen LogP contribution in [0.5, 0.6) is 0 Å². The Hall–Kier alpha value is -0.747. The first-order valence-corrected chi connectivity index (χ1v) is 12.7. The van der Waals surface area contributed by atoms with Crippen LogP contribution >= 0.6 is 0 Å². The Labute approximate surface area is 245 Å². The van der Waals surface area contributed by atoms with Gasteiger partial charge in [-0.25, -0.2) is 12.0 Å². The molecule has 35 heavy (non-hydrogen) atoms. The van der Waals surface area contributed by atoms with Crippen molar-refractivity contribution in [2.24, 2.45) is 29.1 Å². The van der Waals surface area contributed by atoms with Crippen LogP contribution in [0.4, 0.5) is 0 Å². The summed E-state index contributed by atoms with van der Waals surface area (Å²) in [6.45, 7) is 12.0. The molecule has 0 N–H and O–H groups in total. The molecule has 0 nitrogen and oxygen atoms in total. The SMILES string of the molecule is CC(C)(C)C1=CC(C2CC=CC3=C4C(=C5[CH-]CCCC5C32)Cc2ccccc24)C=C1.[CH2-]C.[Cl-].[Cl-].[Zr+4]. The quantitative estimate of drug-likeness (QED) is 0.446. The monoisotopic (exact) mass is 582 g/mol. The minimum atomic E-state index is 0. The van der Waals surface area contributed by atoms with E-state index in [2.05, 4.69) is 88.8 Å². The van der Waals surface area contributed by atoms with Crippen LogP contribution in [0, 0.1) is 42.4 Å². The molecule has 0 aromatic heterocycles. The van der Waals surface area contributed by atoms with Gasteiger partial charge < -0.3 is 31.7 Å². The number of hydrogen-bond acceptors (Lipinski definition) is 0. The van der Waals surface area contributed by atoms with E-state index in [-0.39, 0.29) is 56.4 Å². The summed E-state index contributed by atoms with van der Waals surface area (Å²) in [7, 11) is 0. The molecular formula is C32H38Cl2Zr. The van der Waals surface area contributed by atoms with Gasteiger partial charge in [0.05, 0.1) is 0 Å². The second-order valence-corrected chi connectivity index (χ2v) is 11.0. The van der Waals surface area contributed by atoms with E-state index in [0.29, 0.717) is 17.8 Å². The average Bonchev–Trinajstić information content (AvgIpc) is 3.46. The van der Waals surface area contributed by atoms with E-state index >= 15 is 0 Å². The van der Waals surface area contributed by atoms with Gasteiger partial charge in [0.1, 0.15) is 0 Å². The molecule has 1 fully saturated rings. The molecule has 5 aliphatic carbocycles. The standard InChI is InChI=1S/C30H33.C2H5.2ClH.Zr/c1-30(2,3)21-16-15-20(17-21)23-13-8-14-26-28(23)25-12-7-6-11-24(25)27-18-19-9-4-5-10-22(19)29(26)27;1-2;;;/h4-5,8-11,14-17,20,23,25,28H,6-7,12-13,18H2,1-3H3;1H2,2H3;2*1H;/q2*-1;;;+4/p-2. The van der Waals surface area contributed by atoms with E-state index in [4.69, 9.17) is 0 Å². The Morgan fingerprint density at radius 2 is 1.77 bits per heavy atom. The number of halogens is 2. The second-order valence-electron chi connectivity index (χ2n) is 11.0. The summed E-state index contributed by atoms with van der Waals surface area (Å²) < 4.78 is 0. The maximum absolute atomic E-state index is 3.25. The summed E-state index contributed by atoms with van der Waals surface area (Å²) in [5.41, 5.74) is 11.4. The maximum atomic E-state index is 3.25. The van der Waals surface area contributed by atoms with E-state index in [0.717, 1.165) is 12.3 Å². The molecule has 0 heterocycles. The van der Waals surface area contributed by atoms with Crippen LogP contribution in [0.25, 0.3) is 5.57 Å². The van der Waals surface area contributed by atoms with Crippen LogP contribution in [-0.4, -0.2) is 0 Å². The summed E-state index contributed by atoms with van der Waals surface area (Å²) in [4.78, 5) is 0. The fourth-order valence-corrected chi connectivity index (χ4v) is 6.86. The van der Waals surface area contributed by atoms with Crippen LogP contribution in [0.3, 0.4) is 0 Å². The molecule has 0 aliphatic heterocycles. The van der Waals surface area contributed by atoms with E-state index < -0.39 is 0 Å². The van der Waals surface area contributed by atoms with Crippen molar-refractivity contribution in [1.29, 1.82) is 0 Å². The Kier molecular flexibility index (Phi) is 10.6. The third-order valence-electron chi connectivity index (χ3n) is 8.27. The van der Waals surface area contributed by atoms with Crippen molar-refractivity contribution in [1.82, 2.24) is 0 Å². The molecule has 4 atom stereocenters. The largest absolute Gasteiger partial charge is 4.00 e. The third kappa shape index (κ3) is 5.30. The van der Waals surface area contributed by atoms with Crippen molar-refractivity contribution < 1.29 is 51.0 Å². The van der Waals surface area contributed by atoms with E-state index in [1.165, 1.54) is 42.4 Å². The summed E-state index contributed by atoms with van der Waals surface area (Å²) in [5, 5.41) is 0. The van der Waals surface area contributed by atoms with Gasteiger partial charge in [0.2, 0.25) is 0 Å². The molecule has 1 saturated carbocycles. The number of benzene rings is 1. The normalized spacial score (nSPS) is 27.4. The topological polar surface area (TPSA) is 0 Å². The first-order chi connectivity index (χ1) is 15.5. The molecule has 1 aromatic carbocycles. The Bertz CT molecular complexity index is 1060. The second kappa shape index (κ2) is 12.2. The van der Waals surface area contributed by atoms with E-state index in [1.807, 2.05) is 0 Å². The molecule has 4 unspecified atom stereocenters. The fourth-order valence-electron chi connectivity index (χ4n) is 6.86. The van der Waals surface area contributed by atoms with Crippen LogP contribution in [0.15, 0.2) is 76.9 Å². The van der Waals surface area contributed by atoms with Crippen LogP contribution < -0.4 is 24.8 Å². The number of hydrogen-bond donors (Lipinski definition) is 0. The zero-order chi connectivity index (χ0) is 22.5.